The molecule has 1 aromatic rings. The Morgan fingerprint density at radius 1 is 1.50 bits per heavy atom. The predicted octanol–water partition coefficient (Wildman–Crippen LogP) is 1.79. The van der Waals surface area contributed by atoms with E-state index in [2.05, 4.69) is 17.9 Å². The van der Waals surface area contributed by atoms with Crippen molar-refractivity contribution in [3.8, 4) is 0 Å². The van der Waals surface area contributed by atoms with Gasteiger partial charge in [-0.3, -0.25) is 0 Å². The van der Waals surface area contributed by atoms with Crippen LogP contribution in [0.25, 0.3) is 0 Å². The lowest BCUT2D eigenvalue weighted by Crippen LogP contribution is -2.37. The minimum Gasteiger partial charge on any atom is -0.397 e. The van der Waals surface area contributed by atoms with Gasteiger partial charge in [0.05, 0.1) is 11.4 Å². The number of nitrogen functional groups attached to an aromatic ring is 1. The van der Waals surface area contributed by atoms with E-state index in [0.29, 0.717) is 5.92 Å². The van der Waals surface area contributed by atoms with Gasteiger partial charge in [-0.2, -0.15) is 0 Å². The molecular weight excluding hydrogens is 200 g/mol. The van der Waals surface area contributed by atoms with Crippen molar-refractivity contribution in [2.75, 3.05) is 30.3 Å². The smallest absolute Gasteiger partial charge is 0.0629 e. The maximum absolute atomic E-state index is 9.24. The van der Waals surface area contributed by atoms with Crippen LogP contribution in [0.5, 0.6) is 0 Å². The third-order valence-electron chi connectivity index (χ3n) is 3.36. The lowest BCUT2D eigenvalue weighted by molar-refractivity contribution is 0.208. The monoisotopic (exact) mass is 220 g/mol. The summed E-state index contributed by atoms with van der Waals surface area (Å²) in [6.07, 6.45) is 2.26. The summed E-state index contributed by atoms with van der Waals surface area (Å²) in [5.74, 6) is 0.396. The quantitative estimate of drug-likeness (QED) is 0.747. The molecule has 1 heterocycles. The number of aliphatic hydroxyl groups is 1. The Kier molecular flexibility index (Phi) is 3.34. The van der Waals surface area contributed by atoms with Crippen molar-refractivity contribution < 1.29 is 5.11 Å². The first-order valence-electron chi connectivity index (χ1n) is 5.93. The molecule has 1 aromatic carbocycles. The van der Waals surface area contributed by atoms with Crippen molar-refractivity contribution in [3.05, 3.63) is 23.8 Å². The second kappa shape index (κ2) is 4.74. The zero-order valence-corrected chi connectivity index (χ0v) is 9.82. The number of aliphatic hydroxyl groups excluding tert-OH is 1. The van der Waals surface area contributed by atoms with Crippen LogP contribution < -0.4 is 10.6 Å². The van der Waals surface area contributed by atoms with Gasteiger partial charge in [-0.15, -0.1) is 0 Å². The van der Waals surface area contributed by atoms with Gasteiger partial charge in [0.2, 0.25) is 0 Å². The fraction of sp³-hybridized carbons (Fsp3) is 0.538. The SMILES string of the molecule is Cc1cccc(N)c1N1CCCC(CO)C1. The number of piperidine rings is 1. The summed E-state index contributed by atoms with van der Waals surface area (Å²) in [5.41, 5.74) is 9.26. The largest absolute Gasteiger partial charge is 0.397 e. The number of anilines is 2. The molecule has 1 atom stereocenters. The Morgan fingerprint density at radius 2 is 2.31 bits per heavy atom. The maximum atomic E-state index is 9.24. The summed E-state index contributed by atoms with van der Waals surface area (Å²) < 4.78 is 0. The van der Waals surface area contributed by atoms with Crippen LogP contribution in [0.1, 0.15) is 18.4 Å². The van der Waals surface area contributed by atoms with E-state index in [-0.39, 0.29) is 6.61 Å². The molecule has 0 aromatic heterocycles. The van der Waals surface area contributed by atoms with Crippen molar-refractivity contribution in [3.63, 3.8) is 0 Å². The van der Waals surface area contributed by atoms with Gasteiger partial charge < -0.3 is 15.7 Å². The number of benzene rings is 1. The van der Waals surface area contributed by atoms with Crippen LogP contribution in [0.3, 0.4) is 0 Å². The molecule has 16 heavy (non-hydrogen) atoms. The summed E-state index contributed by atoms with van der Waals surface area (Å²) in [4.78, 5) is 2.31. The maximum Gasteiger partial charge on any atom is 0.0629 e. The molecule has 1 aliphatic heterocycles. The number of hydrogen-bond donors (Lipinski definition) is 2. The van der Waals surface area contributed by atoms with Gasteiger partial charge in [0, 0.05) is 19.7 Å². The van der Waals surface area contributed by atoms with E-state index in [9.17, 15) is 5.11 Å². The molecule has 3 nitrogen and oxygen atoms in total. The first-order valence-corrected chi connectivity index (χ1v) is 5.93. The molecule has 0 amide bonds. The van der Waals surface area contributed by atoms with Crippen LogP contribution in [0.2, 0.25) is 0 Å². The fourth-order valence-corrected chi connectivity index (χ4v) is 2.53. The highest BCUT2D eigenvalue weighted by molar-refractivity contribution is 5.71. The highest BCUT2D eigenvalue weighted by Crippen LogP contribution is 2.30. The van der Waals surface area contributed by atoms with Crippen LogP contribution in [0.4, 0.5) is 11.4 Å². The minimum absolute atomic E-state index is 0.280. The third kappa shape index (κ3) is 2.14. The molecule has 0 radical (unpaired) electrons. The van der Waals surface area contributed by atoms with Gasteiger partial charge in [-0.05, 0) is 37.3 Å². The first-order chi connectivity index (χ1) is 7.72. The van der Waals surface area contributed by atoms with Gasteiger partial charge in [0.25, 0.3) is 0 Å². The average molecular weight is 220 g/mol. The van der Waals surface area contributed by atoms with Gasteiger partial charge in [-0.1, -0.05) is 12.1 Å². The number of aryl methyl sites for hydroxylation is 1. The lowest BCUT2D eigenvalue weighted by Gasteiger charge is -2.35. The van der Waals surface area contributed by atoms with Gasteiger partial charge >= 0.3 is 0 Å². The van der Waals surface area contributed by atoms with Crippen LogP contribution in [0, 0.1) is 12.8 Å². The second-order valence-electron chi connectivity index (χ2n) is 4.65. The average Bonchev–Trinajstić information content (AvgIpc) is 2.29. The Balaban J connectivity index is 2.23. The summed E-state index contributed by atoms with van der Waals surface area (Å²) in [6, 6.07) is 6.03. The standard InChI is InChI=1S/C13H20N2O/c1-10-4-2-6-12(14)13(10)15-7-3-5-11(8-15)9-16/h2,4,6,11,16H,3,5,7-9,14H2,1H3. The molecule has 1 aliphatic rings. The van der Waals surface area contributed by atoms with E-state index in [1.165, 1.54) is 5.56 Å². The normalized spacial score (nSPS) is 21.1. The second-order valence-corrected chi connectivity index (χ2v) is 4.65. The van der Waals surface area contributed by atoms with Crippen molar-refractivity contribution in [1.29, 1.82) is 0 Å². The topological polar surface area (TPSA) is 49.5 Å². The molecule has 0 spiro atoms. The molecular formula is C13H20N2O. The number of para-hydroxylation sites is 1. The van der Waals surface area contributed by atoms with Gasteiger partial charge in [-0.25, -0.2) is 0 Å². The molecule has 3 heteroatoms. The highest BCUT2D eigenvalue weighted by Gasteiger charge is 2.21. The van der Waals surface area contributed by atoms with E-state index in [1.54, 1.807) is 0 Å². The Hall–Kier alpha value is -1.22. The first kappa shape index (κ1) is 11.3. The highest BCUT2D eigenvalue weighted by atomic mass is 16.3. The van der Waals surface area contributed by atoms with E-state index < -0.39 is 0 Å². The van der Waals surface area contributed by atoms with Crippen molar-refractivity contribution >= 4 is 11.4 Å². The summed E-state index contributed by atoms with van der Waals surface area (Å²) in [5, 5.41) is 9.24. The lowest BCUT2D eigenvalue weighted by atomic mass is 9.97. The van der Waals surface area contributed by atoms with Crippen molar-refractivity contribution in [2.24, 2.45) is 5.92 Å². The van der Waals surface area contributed by atoms with Crippen LogP contribution in [-0.2, 0) is 0 Å². The number of hydrogen-bond acceptors (Lipinski definition) is 3. The van der Waals surface area contributed by atoms with Crippen LogP contribution in [0.15, 0.2) is 18.2 Å². The summed E-state index contributed by atoms with van der Waals surface area (Å²) in [7, 11) is 0. The van der Waals surface area contributed by atoms with E-state index in [1.807, 2.05) is 12.1 Å². The molecule has 3 N–H and O–H groups in total. The number of nitrogens with zero attached hydrogens (tertiary/aromatic N) is 1. The van der Waals surface area contributed by atoms with Crippen LogP contribution >= 0.6 is 0 Å². The zero-order chi connectivity index (χ0) is 11.5. The molecule has 1 fully saturated rings. The zero-order valence-electron chi connectivity index (χ0n) is 9.82. The predicted molar refractivity (Wildman–Crippen MR) is 67.6 cm³/mol. The third-order valence-corrected chi connectivity index (χ3v) is 3.36. The fourth-order valence-electron chi connectivity index (χ4n) is 2.53. The van der Waals surface area contributed by atoms with Crippen molar-refractivity contribution in [2.45, 2.75) is 19.8 Å². The summed E-state index contributed by atoms with van der Waals surface area (Å²) in [6.45, 7) is 4.34. The number of nitrogens with two attached hydrogens (primary N) is 1. The molecule has 1 saturated heterocycles. The van der Waals surface area contributed by atoms with Gasteiger partial charge in [0.15, 0.2) is 0 Å². The summed E-state index contributed by atoms with van der Waals surface area (Å²) >= 11 is 0. The molecule has 88 valence electrons. The molecule has 0 bridgehead atoms. The molecule has 1 unspecified atom stereocenters. The van der Waals surface area contributed by atoms with E-state index in [0.717, 1.165) is 37.3 Å². The van der Waals surface area contributed by atoms with E-state index >= 15 is 0 Å². The Morgan fingerprint density at radius 3 is 3.00 bits per heavy atom. The van der Waals surface area contributed by atoms with Crippen molar-refractivity contribution in [1.82, 2.24) is 0 Å². The van der Waals surface area contributed by atoms with E-state index in [4.69, 9.17) is 5.73 Å². The Bertz CT molecular complexity index is 345. The van der Waals surface area contributed by atoms with Crippen LogP contribution in [-0.4, -0.2) is 24.8 Å². The number of rotatable bonds is 2. The molecule has 2 rings (SSSR count). The minimum atomic E-state index is 0.280. The Labute approximate surface area is 96.9 Å². The molecule has 0 aliphatic carbocycles. The van der Waals surface area contributed by atoms with Gasteiger partial charge in [0.1, 0.15) is 0 Å². The molecule has 0 saturated carbocycles.